The first-order valence-corrected chi connectivity index (χ1v) is 4.18. The number of nitrogens with zero attached hydrogens (tertiary/aromatic N) is 1. The van der Waals surface area contributed by atoms with Gasteiger partial charge in [-0.3, -0.25) is 0 Å². The van der Waals surface area contributed by atoms with Crippen LogP contribution >= 0.6 is 0 Å². The van der Waals surface area contributed by atoms with E-state index in [1.807, 2.05) is 0 Å². The van der Waals surface area contributed by atoms with Gasteiger partial charge in [0.25, 0.3) is 0 Å². The van der Waals surface area contributed by atoms with E-state index in [1.165, 1.54) is 32.4 Å². The van der Waals surface area contributed by atoms with Gasteiger partial charge in [0.05, 0.1) is 0 Å². The van der Waals surface area contributed by atoms with Crippen molar-refractivity contribution < 1.29 is 0 Å². The van der Waals surface area contributed by atoms with Gasteiger partial charge in [-0.15, -0.1) is 0 Å². The zero-order valence-corrected chi connectivity index (χ0v) is 7.06. The van der Waals surface area contributed by atoms with Gasteiger partial charge in [-0.1, -0.05) is 0 Å². The van der Waals surface area contributed by atoms with Gasteiger partial charge in [-0.05, 0) is 46.4 Å². The predicted molar refractivity (Wildman–Crippen MR) is 44.2 cm³/mol. The number of rotatable bonds is 1. The summed E-state index contributed by atoms with van der Waals surface area (Å²) in [6.45, 7) is 2.41. The number of hydrogen-bond donors (Lipinski definition) is 1. The molecule has 0 unspecified atom stereocenters. The topological polar surface area (TPSA) is 15.3 Å². The second kappa shape index (κ2) is 3.94. The van der Waals surface area contributed by atoms with Crippen LogP contribution in [0.5, 0.6) is 0 Å². The molecule has 0 radical (unpaired) electrons. The maximum atomic E-state index is 3.41. The monoisotopic (exact) mass is 142 g/mol. The molecule has 60 valence electrons. The molecular formula is C8H18N2. The number of nitrogens with one attached hydrogen (secondary N) is 1. The minimum Gasteiger partial charge on any atom is -0.317 e. The molecule has 0 aromatic heterocycles. The second-order valence-electron chi connectivity index (χ2n) is 3.30. The fourth-order valence-corrected chi connectivity index (χ4v) is 1.52. The van der Waals surface area contributed by atoms with E-state index in [4.69, 9.17) is 0 Å². The molecule has 0 aliphatic carbocycles. The fraction of sp³-hybridized carbons (Fsp3) is 1.00. The predicted octanol–water partition coefficient (Wildman–Crippen LogP) is 0.690. The van der Waals surface area contributed by atoms with Crippen molar-refractivity contribution in [3.8, 4) is 0 Å². The maximum Gasteiger partial charge on any atom is 0.0102 e. The first-order valence-electron chi connectivity index (χ1n) is 4.18. The molecule has 1 N–H and O–H groups in total. The molecule has 2 heteroatoms. The highest BCUT2D eigenvalue weighted by Crippen LogP contribution is 2.09. The molecule has 1 aliphatic heterocycles. The van der Waals surface area contributed by atoms with Crippen molar-refractivity contribution in [1.29, 1.82) is 0 Å². The lowest BCUT2D eigenvalue weighted by Crippen LogP contribution is -2.28. The molecule has 1 saturated heterocycles. The van der Waals surface area contributed by atoms with Gasteiger partial charge in [0.2, 0.25) is 0 Å². The molecule has 0 spiro atoms. The van der Waals surface area contributed by atoms with E-state index in [0.717, 1.165) is 6.04 Å². The van der Waals surface area contributed by atoms with Gasteiger partial charge in [-0.25, -0.2) is 0 Å². The van der Waals surface area contributed by atoms with Crippen LogP contribution in [0.1, 0.15) is 19.3 Å². The lowest BCUT2D eigenvalue weighted by atomic mass is 10.1. The SMILES string of the molecule is CN(C)[C@@H]1CCCNCC1. The van der Waals surface area contributed by atoms with Crippen molar-refractivity contribution in [1.82, 2.24) is 10.2 Å². The Morgan fingerprint density at radius 1 is 1.20 bits per heavy atom. The highest BCUT2D eigenvalue weighted by molar-refractivity contribution is 4.71. The first kappa shape index (κ1) is 8.02. The molecule has 1 rings (SSSR count). The minimum absolute atomic E-state index is 0.815. The third-order valence-electron chi connectivity index (χ3n) is 2.28. The molecule has 2 nitrogen and oxygen atoms in total. The summed E-state index contributed by atoms with van der Waals surface area (Å²) in [4.78, 5) is 2.34. The molecule has 0 aromatic rings. The van der Waals surface area contributed by atoms with Crippen LogP contribution in [0.4, 0.5) is 0 Å². The van der Waals surface area contributed by atoms with Crippen molar-refractivity contribution in [3.63, 3.8) is 0 Å². The maximum absolute atomic E-state index is 3.41. The van der Waals surface area contributed by atoms with Crippen LogP contribution in [0.25, 0.3) is 0 Å². The molecular weight excluding hydrogens is 124 g/mol. The van der Waals surface area contributed by atoms with Crippen LogP contribution in [-0.2, 0) is 0 Å². The van der Waals surface area contributed by atoms with E-state index in [1.54, 1.807) is 0 Å². The standard InChI is InChI=1S/C8H18N2/c1-10(2)8-4-3-6-9-7-5-8/h8-9H,3-7H2,1-2H3/t8-/m1/s1. The van der Waals surface area contributed by atoms with E-state index in [0.29, 0.717) is 0 Å². The van der Waals surface area contributed by atoms with Gasteiger partial charge < -0.3 is 10.2 Å². The summed E-state index contributed by atoms with van der Waals surface area (Å²) in [5.41, 5.74) is 0. The summed E-state index contributed by atoms with van der Waals surface area (Å²) >= 11 is 0. The smallest absolute Gasteiger partial charge is 0.0102 e. The fourth-order valence-electron chi connectivity index (χ4n) is 1.52. The van der Waals surface area contributed by atoms with Gasteiger partial charge in [0, 0.05) is 6.04 Å². The van der Waals surface area contributed by atoms with Gasteiger partial charge in [0.15, 0.2) is 0 Å². The molecule has 0 amide bonds. The van der Waals surface area contributed by atoms with Crippen LogP contribution in [0.3, 0.4) is 0 Å². The largest absolute Gasteiger partial charge is 0.317 e. The van der Waals surface area contributed by atoms with Crippen molar-refractivity contribution in [2.24, 2.45) is 0 Å². The van der Waals surface area contributed by atoms with E-state index in [9.17, 15) is 0 Å². The summed E-state index contributed by atoms with van der Waals surface area (Å²) in [7, 11) is 4.35. The summed E-state index contributed by atoms with van der Waals surface area (Å²) in [6.07, 6.45) is 4.01. The van der Waals surface area contributed by atoms with Crippen molar-refractivity contribution in [2.45, 2.75) is 25.3 Å². The van der Waals surface area contributed by atoms with E-state index >= 15 is 0 Å². The summed E-state index contributed by atoms with van der Waals surface area (Å²) < 4.78 is 0. The molecule has 0 aromatic carbocycles. The highest BCUT2D eigenvalue weighted by atomic mass is 15.1. The molecule has 0 bridgehead atoms. The van der Waals surface area contributed by atoms with E-state index < -0.39 is 0 Å². The third kappa shape index (κ3) is 2.27. The Bertz CT molecular complexity index is 83.3. The highest BCUT2D eigenvalue weighted by Gasteiger charge is 2.12. The summed E-state index contributed by atoms with van der Waals surface area (Å²) in [5.74, 6) is 0. The van der Waals surface area contributed by atoms with Crippen molar-refractivity contribution >= 4 is 0 Å². The van der Waals surface area contributed by atoms with Crippen LogP contribution in [0, 0.1) is 0 Å². The average Bonchev–Trinajstić information content (AvgIpc) is 2.12. The lowest BCUT2D eigenvalue weighted by molar-refractivity contribution is 0.272. The Labute approximate surface area is 63.6 Å². The van der Waals surface area contributed by atoms with Gasteiger partial charge in [-0.2, -0.15) is 0 Å². The van der Waals surface area contributed by atoms with Crippen LogP contribution in [0.2, 0.25) is 0 Å². The Hall–Kier alpha value is -0.0800. The quantitative estimate of drug-likeness (QED) is 0.579. The average molecular weight is 142 g/mol. The van der Waals surface area contributed by atoms with E-state index in [-0.39, 0.29) is 0 Å². The van der Waals surface area contributed by atoms with Crippen LogP contribution in [0.15, 0.2) is 0 Å². The Morgan fingerprint density at radius 3 is 2.70 bits per heavy atom. The molecule has 1 aliphatic rings. The number of hydrogen-bond acceptors (Lipinski definition) is 2. The Balaban J connectivity index is 2.28. The summed E-state index contributed by atoms with van der Waals surface area (Å²) in [6, 6.07) is 0.815. The molecule has 1 heterocycles. The van der Waals surface area contributed by atoms with Crippen molar-refractivity contribution in [2.75, 3.05) is 27.2 Å². The Morgan fingerprint density at radius 2 is 2.00 bits per heavy atom. The first-order chi connectivity index (χ1) is 4.80. The van der Waals surface area contributed by atoms with Gasteiger partial charge in [0.1, 0.15) is 0 Å². The normalized spacial score (nSPS) is 28.5. The van der Waals surface area contributed by atoms with Crippen LogP contribution < -0.4 is 5.32 Å². The summed E-state index contributed by atoms with van der Waals surface area (Å²) in [5, 5.41) is 3.41. The third-order valence-corrected chi connectivity index (χ3v) is 2.28. The lowest BCUT2D eigenvalue weighted by Gasteiger charge is -2.21. The van der Waals surface area contributed by atoms with E-state index in [2.05, 4.69) is 24.3 Å². The second-order valence-corrected chi connectivity index (χ2v) is 3.30. The molecule has 0 saturated carbocycles. The zero-order valence-electron chi connectivity index (χ0n) is 7.06. The molecule has 1 fully saturated rings. The Kier molecular flexibility index (Phi) is 3.16. The zero-order chi connectivity index (χ0) is 7.40. The van der Waals surface area contributed by atoms with Crippen LogP contribution in [-0.4, -0.2) is 38.1 Å². The molecule has 1 atom stereocenters. The minimum atomic E-state index is 0.815. The van der Waals surface area contributed by atoms with Gasteiger partial charge >= 0.3 is 0 Å². The van der Waals surface area contributed by atoms with Crippen molar-refractivity contribution in [3.05, 3.63) is 0 Å². The molecule has 10 heavy (non-hydrogen) atoms.